The van der Waals surface area contributed by atoms with E-state index in [1.165, 1.54) is 6.92 Å². The Morgan fingerprint density at radius 1 is 1.35 bits per heavy atom. The maximum atomic E-state index is 12.7. The van der Waals surface area contributed by atoms with Crippen LogP contribution in [-0.4, -0.2) is 44.6 Å². The van der Waals surface area contributed by atoms with Gasteiger partial charge in [0.15, 0.2) is 0 Å². The summed E-state index contributed by atoms with van der Waals surface area (Å²) in [6, 6.07) is 5.64. The normalized spacial score (nSPS) is 25.7. The molecule has 0 radical (unpaired) electrons. The fourth-order valence-electron chi connectivity index (χ4n) is 3.16. The molecule has 2 aliphatic heterocycles. The monoisotopic (exact) mass is 334 g/mol. The van der Waals surface area contributed by atoms with E-state index in [1.54, 1.807) is 28.8 Å². The minimum absolute atomic E-state index is 0.174. The number of carbonyl (C=O) groups excluding carboxylic acids is 2. The number of aliphatic carboxylic acids is 1. The smallest absolute Gasteiger partial charge is 0.325 e. The molecule has 2 heterocycles. The first-order chi connectivity index (χ1) is 10.7. The summed E-state index contributed by atoms with van der Waals surface area (Å²) in [7, 11) is 0. The molecule has 1 saturated heterocycles. The molecule has 1 aromatic rings. The highest BCUT2D eigenvalue weighted by Gasteiger charge is 2.57. The van der Waals surface area contributed by atoms with Crippen LogP contribution < -0.4 is 5.32 Å². The van der Waals surface area contributed by atoms with E-state index >= 15 is 0 Å². The van der Waals surface area contributed by atoms with Crippen molar-refractivity contribution < 1.29 is 19.5 Å². The molecule has 7 heteroatoms. The maximum Gasteiger partial charge on any atom is 0.325 e. The summed E-state index contributed by atoms with van der Waals surface area (Å²) in [6.45, 7) is 5.22. The fourth-order valence-corrected chi connectivity index (χ4v) is 4.75. The van der Waals surface area contributed by atoms with Crippen molar-refractivity contribution in [1.29, 1.82) is 0 Å². The summed E-state index contributed by atoms with van der Waals surface area (Å²) >= 11 is 1.55. The topological polar surface area (TPSA) is 86.7 Å². The molecule has 1 fully saturated rings. The van der Waals surface area contributed by atoms with Gasteiger partial charge in [0.05, 0.1) is 0 Å². The van der Waals surface area contributed by atoms with Gasteiger partial charge in [-0.15, -0.1) is 11.8 Å². The lowest BCUT2D eigenvalue weighted by molar-refractivity contribution is -0.142. The van der Waals surface area contributed by atoms with E-state index in [2.05, 4.69) is 5.32 Å². The Hall–Kier alpha value is -2.02. The molecule has 23 heavy (non-hydrogen) atoms. The van der Waals surface area contributed by atoms with Crippen molar-refractivity contribution in [2.24, 2.45) is 0 Å². The second kappa shape index (κ2) is 5.26. The molecule has 122 valence electrons. The number of rotatable bonds is 3. The highest BCUT2D eigenvalue weighted by atomic mass is 32.2. The van der Waals surface area contributed by atoms with Crippen LogP contribution in [0.3, 0.4) is 0 Å². The van der Waals surface area contributed by atoms with Gasteiger partial charge in [-0.25, -0.2) is 0 Å². The molecule has 6 nitrogen and oxygen atoms in total. The molecule has 0 spiro atoms. The molecule has 2 N–H and O–H groups in total. The largest absolute Gasteiger partial charge is 0.480 e. The number of carboxylic acids is 1. The predicted molar refractivity (Wildman–Crippen MR) is 86.1 cm³/mol. The van der Waals surface area contributed by atoms with Crippen molar-refractivity contribution in [2.75, 3.05) is 0 Å². The Balaban J connectivity index is 1.94. The van der Waals surface area contributed by atoms with Gasteiger partial charge >= 0.3 is 5.97 Å². The highest BCUT2D eigenvalue weighted by Crippen LogP contribution is 2.56. The average Bonchev–Trinajstić information content (AvgIpc) is 2.90. The fraction of sp³-hybridized carbons (Fsp3) is 0.438. The van der Waals surface area contributed by atoms with Crippen molar-refractivity contribution in [3.8, 4) is 0 Å². The van der Waals surface area contributed by atoms with Crippen LogP contribution in [0.1, 0.15) is 42.1 Å². The average molecular weight is 334 g/mol. The molecular weight excluding hydrogens is 316 g/mol. The molecule has 0 aliphatic carbocycles. The SMILES string of the molecule is C[C@@H](NC(=O)[C@@H]1N2C(=O)c3ccccc3[C@@H]2SC1(C)C)C(=O)O. The Morgan fingerprint density at radius 2 is 2.00 bits per heavy atom. The highest BCUT2D eigenvalue weighted by molar-refractivity contribution is 8.01. The lowest BCUT2D eigenvalue weighted by atomic mass is 10.0. The number of nitrogens with one attached hydrogen (secondary N) is 1. The maximum absolute atomic E-state index is 12.7. The van der Waals surface area contributed by atoms with E-state index in [1.807, 2.05) is 26.0 Å². The molecule has 0 saturated carbocycles. The Morgan fingerprint density at radius 3 is 2.65 bits per heavy atom. The summed E-state index contributed by atoms with van der Waals surface area (Å²) < 4.78 is -0.504. The van der Waals surface area contributed by atoms with Gasteiger partial charge in [0, 0.05) is 10.3 Å². The van der Waals surface area contributed by atoms with Gasteiger partial charge in [0.1, 0.15) is 17.5 Å². The van der Waals surface area contributed by atoms with Crippen LogP contribution in [0.5, 0.6) is 0 Å². The zero-order valence-corrected chi connectivity index (χ0v) is 13.9. The van der Waals surface area contributed by atoms with Crippen molar-refractivity contribution in [2.45, 2.75) is 43.0 Å². The Labute approximate surface area is 138 Å². The summed E-state index contributed by atoms with van der Waals surface area (Å²) in [5, 5.41) is 11.3. The van der Waals surface area contributed by atoms with Crippen LogP contribution in [0.2, 0.25) is 0 Å². The summed E-state index contributed by atoms with van der Waals surface area (Å²) in [6.07, 6.45) is 0. The molecule has 2 aliphatic rings. The van der Waals surface area contributed by atoms with E-state index < -0.39 is 28.7 Å². The van der Waals surface area contributed by atoms with E-state index in [-0.39, 0.29) is 11.3 Å². The third kappa shape index (κ3) is 2.39. The molecule has 3 rings (SSSR count). The first kappa shape index (κ1) is 15.9. The first-order valence-electron chi connectivity index (χ1n) is 7.36. The van der Waals surface area contributed by atoms with Gasteiger partial charge < -0.3 is 15.3 Å². The molecule has 0 aromatic heterocycles. The molecule has 2 amide bonds. The van der Waals surface area contributed by atoms with E-state index in [0.29, 0.717) is 5.56 Å². The van der Waals surface area contributed by atoms with Crippen LogP contribution in [0.25, 0.3) is 0 Å². The summed E-state index contributed by atoms with van der Waals surface area (Å²) in [5.74, 6) is -1.71. The number of carbonyl (C=O) groups is 3. The quantitative estimate of drug-likeness (QED) is 0.877. The summed E-state index contributed by atoms with van der Waals surface area (Å²) in [5.41, 5.74) is 1.53. The number of fused-ring (bicyclic) bond motifs is 3. The van der Waals surface area contributed by atoms with Crippen molar-refractivity contribution in [1.82, 2.24) is 10.2 Å². The van der Waals surface area contributed by atoms with E-state index in [9.17, 15) is 14.4 Å². The van der Waals surface area contributed by atoms with Gasteiger partial charge in [-0.2, -0.15) is 0 Å². The predicted octanol–water partition coefficient (Wildman–Crippen LogP) is 1.62. The van der Waals surface area contributed by atoms with Gasteiger partial charge in [-0.3, -0.25) is 14.4 Å². The van der Waals surface area contributed by atoms with Crippen LogP contribution >= 0.6 is 11.8 Å². The van der Waals surface area contributed by atoms with Crippen LogP contribution in [0.4, 0.5) is 0 Å². The molecule has 3 atom stereocenters. The second-order valence-corrected chi connectivity index (χ2v) is 8.08. The molecular formula is C16H18N2O4S. The minimum Gasteiger partial charge on any atom is -0.480 e. The van der Waals surface area contributed by atoms with Crippen molar-refractivity contribution in [3.63, 3.8) is 0 Å². The zero-order valence-electron chi connectivity index (χ0n) is 13.1. The van der Waals surface area contributed by atoms with Crippen molar-refractivity contribution >= 4 is 29.5 Å². The van der Waals surface area contributed by atoms with Gasteiger partial charge in [-0.1, -0.05) is 18.2 Å². The number of nitrogens with zero attached hydrogens (tertiary/aromatic N) is 1. The zero-order chi connectivity index (χ0) is 16.9. The molecule has 0 unspecified atom stereocenters. The second-order valence-electron chi connectivity index (χ2n) is 6.34. The van der Waals surface area contributed by atoms with Crippen molar-refractivity contribution in [3.05, 3.63) is 35.4 Å². The number of hydrogen-bond donors (Lipinski definition) is 2. The minimum atomic E-state index is -1.10. The third-order valence-electron chi connectivity index (χ3n) is 4.27. The standard InChI is InChI=1S/C16H18N2O4S/c1-8(15(21)22)17-12(19)11-16(2,3)23-14-10-7-5-4-6-9(10)13(20)18(11)14/h4-8,11,14H,1-3H3,(H,17,19)(H,21,22)/t8-,11+,14+/m1/s1. The first-order valence-corrected chi connectivity index (χ1v) is 8.24. The van der Waals surface area contributed by atoms with E-state index in [4.69, 9.17) is 5.11 Å². The summed E-state index contributed by atoms with van der Waals surface area (Å²) in [4.78, 5) is 37.9. The van der Waals surface area contributed by atoms with Crippen LogP contribution in [0, 0.1) is 0 Å². The van der Waals surface area contributed by atoms with Crippen LogP contribution in [0.15, 0.2) is 24.3 Å². The number of amides is 2. The lowest BCUT2D eigenvalue weighted by Crippen LogP contribution is -2.55. The lowest BCUT2D eigenvalue weighted by Gasteiger charge is -2.30. The van der Waals surface area contributed by atoms with Gasteiger partial charge in [0.25, 0.3) is 5.91 Å². The number of thioether (sulfide) groups is 1. The Bertz CT molecular complexity index is 703. The van der Waals surface area contributed by atoms with Gasteiger partial charge in [-0.05, 0) is 32.4 Å². The third-order valence-corrected chi connectivity index (χ3v) is 5.81. The number of benzene rings is 1. The Kier molecular flexibility index (Phi) is 3.63. The number of hydrogen-bond acceptors (Lipinski definition) is 4. The molecule has 1 aromatic carbocycles. The van der Waals surface area contributed by atoms with E-state index in [0.717, 1.165) is 5.56 Å². The molecule has 0 bridgehead atoms. The van der Waals surface area contributed by atoms with Gasteiger partial charge in [0.2, 0.25) is 5.91 Å². The van der Waals surface area contributed by atoms with Crippen LogP contribution in [-0.2, 0) is 9.59 Å². The number of carboxylic acid groups (broad SMARTS) is 1.